The van der Waals surface area contributed by atoms with E-state index in [4.69, 9.17) is 16.7 Å². The molecule has 7 heteroatoms. The Hall–Kier alpha value is -3.77. The minimum Gasteiger partial charge on any atom is -0.478 e. The minimum atomic E-state index is -1.31. The van der Waals surface area contributed by atoms with Gasteiger partial charge in [-0.2, -0.15) is 4.91 Å². The van der Waals surface area contributed by atoms with Crippen molar-refractivity contribution in [3.8, 4) is 11.1 Å². The Balaban J connectivity index is 1.68. The summed E-state index contributed by atoms with van der Waals surface area (Å²) in [6, 6.07) is 18.6. The fourth-order valence-corrected chi connectivity index (χ4v) is 4.61. The first kappa shape index (κ1) is 24.4. The van der Waals surface area contributed by atoms with E-state index in [1.807, 2.05) is 78.8 Å². The fraction of sp³-hybridized carbons (Fsp3) is 0.179. The maximum atomic E-state index is 14.2. The van der Waals surface area contributed by atoms with Crippen molar-refractivity contribution in [2.24, 2.45) is 5.18 Å². The van der Waals surface area contributed by atoms with Gasteiger partial charge >= 0.3 is 5.97 Å². The summed E-state index contributed by atoms with van der Waals surface area (Å²) in [6.45, 7) is 0.776. The highest BCUT2D eigenvalue weighted by Crippen LogP contribution is 2.37. The first-order valence-electron chi connectivity index (χ1n) is 11.2. The largest absolute Gasteiger partial charge is 0.478 e. The molecule has 1 aliphatic heterocycles. The molecule has 0 aromatic heterocycles. The van der Waals surface area contributed by atoms with Crippen LogP contribution >= 0.6 is 11.6 Å². The van der Waals surface area contributed by atoms with Gasteiger partial charge in [0, 0.05) is 30.7 Å². The first-order valence-corrected chi connectivity index (χ1v) is 11.5. The van der Waals surface area contributed by atoms with E-state index in [1.54, 1.807) is 6.07 Å². The van der Waals surface area contributed by atoms with Crippen LogP contribution in [0.3, 0.4) is 0 Å². The molecule has 0 fully saturated rings. The maximum absolute atomic E-state index is 14.2. The Labute approximate surface area is 208 Å². The lowest BCUT2D eigenvalue weighted by molar-refractivity contribution is 0.0692. The second-order valence-corrected chi connectivity index (χ2v) is 8.93. The summed E-state index contributed by atoms with van der Waals surface area (Å²) in [5.41, 5.74) is 3.62. The summed E-state index contributed by atoms with van der Waals surface area (Å²) in [5, 5.41) is 13.1. The summed E-state index contributed by atoms with van der Waals surface area (Å²) >= 11 is 6.55. The van der Waals surface area contributed by atoms with Crippen LogP contribution in [0.15, 0.2) is 95.8 Å². The average molecular weight is 491 g/mol. The summed E-state index contributed by atoms with van der Waals surface area (Å²) in [5.74, 6) is -2.29. The van der Waals surface area contributed by atoms with E-state index in [-0.39, 0.29) is 11.5 Å². The standard InChI is InChI=1S/C28H24ClFN2O3/c1-32-14-4-5-21(17-32)27(31-35)16-24(22-6-2-3-7-25(22)29)19-10-8-18(9-11-19)20-12-13-23(28(33)34)26(30)15-20/h2-13,15,17,24,27H,14,16H2,1H3,(H,33,34). The van der Waals surface area contributed by atoms with Gasteiger partial charge in [-0.3, -0.25) is 0 Å². The summed E-state index contributed by atoms with van der Waals surface area (Å²) < 4.78 is 14.2. The number of hydrogen-bond donors (Lipinski definition) is 1. The number of likely N-dealkylation sites (N-methyl/N-ethyl adjacent to an activating group) is 1. The molecule has 35 heavy (non-hydrogen) atoms. The van der Waals surface area contributed by atoms with Crippen molar-refractivity contribution in [1.82, 2.24) is 4.90 Å². The van der Waals surface area contributed by atoms with Crippen molar-refractivity contribution >= 4 is 17.6 Å². The molecular weight excluding hydrogens is 467 g/mol. The lowest BCUT2D eigenvalue weighted by Gasteiger charge is -2.25. The molecule has 1 N–H and O–H groups in total. The second kappa shape index (κ2) is 10.7. The molecule has 1 heterocycles. The molecule has 0 radical (unpaired) electrons. The van der Waals surface area contributed by atoms with Gasteiger partial charge in [-0.05, 0) is 52.4 Å². The van der Waals surface area contributed by atoms with Crippen molar-refractivity contribution in [2.75, 3.05) is 13.6 Å². The van der Waals surface area contributed by atoms with E-state index < -0.39 is 17.8 Å². The molecule has 0 saturated heterocycles. The molecule has 1 aliphatic rings. The number of benzene rings is 3. The van der Waals surface area contributed by atoms with Gasteiger partial charge < -0.3 is 10.0 Å². The van der Waals surface area contributed by atoms with Gasteiger partial charge in [0.2, 0.25) is 0 Å². The SMILES string of the molecule is CN1C=C(C(CC(c2ccc(-c3ccc(C(=O)O)c(F)c3)cc2)c2ccccc2Cl)N=O)C=CC1. The molecule has 0 spiro atoms. The first-order chi connectivity index (χ1) is 16.9. The smallest absolute Gasteiger partial charge is 0.338 e. The van der Waals surface area contributed by atoms with Crippen LogP contribution in [0.25, 0.3) is 11.1 Å². The third-order valence-corrected chi connectivity index (χ3v) is 6.51. The van der Waals surface area contributed by atoms with Crippen LogP contribution in [0.5, 0.6) is 0 Å². The molecule has 2 unspecified atom stereocenters. The zero-order chi connectivity index (χ0) is 24.9. The predicted octanol–water partition coefficient (Wildman–Crippen LogP) is 6.89. The normalized spacial score (nSPS) is 14.8. The van der Waals surface area contributed by atoms with Crippen LogP contribution in [0.1, 0.15) is 33.8 Å². The van der Waals surface area contributed by atoms with Crippen LogP contribution in [-0.4, -0.2) is 35.6 Å². The summed E-state index contributed by atoms with van der Waals surface area (Å²) in [7, 11) is 1.95. The molecule has 0 amide bonds. The number of carbonyl (C=O) groups is 1. The number of hydrogen-bond acceptors (Lipinski definition) is 4. The van der Waals surface area contributed by atoms with Crippen molar-refractivity contribution in [2.45, 2.75) is 18.4 Å². The second-order valence-electron chi connectivity index (χ2n) is 8.52. The lowest BCUT2D eigenvalue weighted by Crippen LogP contribution is -2.20. The Kier molecular flexibility index (Phi) is 7.42. The van der Waals surface area contributed by atoms with Crippen molar-refractivity contribution in [1.29, 1.82) is 0 Å². The molecule has 0 saturated carbocycles. The topological polar surface area (TPSA) is 70.0 Å². The van der Waals surface area contributed by atoms with E-state index >= 15 is 0 Å². The molecule has 0 bridgehead atoms. The molecular formula is C28H24ClFN2O3. The average Bonchev–Trinajstić information content (AvgIpc) is 2.85. The van der Waals surface area contributed by atoms with E-state index in [1.165, 1.54) is 12.1 Å². The van der Waals surface area contributed by atoms with Crippen molar-refractivity contribution in [3.63, 3.8) is 0 Å². The van der Waals surface area contributed by atoms with Crippen LogP contribution < -0.4 is 0 Å². The number of carboxylic acid groups (broad SMARTS) is 1. The third kappa shape index (κ3) is 5.49. The van der Waals surface area contributed by atoms with Gasteiger partial charge in [-0.25, -0.2) is 9.18 Å². The number of carboxylic acids is 1. The Morgan fingerprint density at radius 1 is 1.11 bits per heavy atom. The molecule has 2 atom stereocenters. The fourth-order valence-electron chi connectivity index (χ4n) is 4.34. The Morgan fingerprint density at radius 3 is 2.46 bits per heavy atom. The van der Waals surface area contributed by atoms with Gasteiger partial charge in [-0.15, -0.1) is 0 Å². The highest BCUT2D eigenvalue weighted by atomic mass is 35.5. The van der Waals surface area contributed by atoms with E-state index in [2.05, 4.69) is 5.18 Å². The maximum Gasteiger partial charge on any atom is 0.338 e. The Bertz CT molecular complexity index is 1300. The number of rotatable bonds is 8. The number of nitroso groups, excluding NO2 is 1. The molecule has 4 rings (SSSR count). The molecule has 3 aromatic carbocycles. The molecule has 178 valence electrons. The molecule has 5 nitrogen and oxygen atoms in total. The van der Waals surface area contributed by atoms with Crippen molar-refractivity contribution in [3.05, 3.63) is 123 Å². The van der Waals surface area contributed by atoms with Crippen LogP contribution in [-0.2, 0) is 0 Å². The minimum absolute atomic E-state index is 0.201. The van der Waals surface area contributed by atoms with E-state index in [0.29, 0.717) is 17.0 Å². The summed E-state index contributed by atoms with van der Waals surface area (Å²) in [6.07, 6.45) is 6.31. The monoisotopic (exact) mass is 490 g/mol. The highest BCUT2D eigenvalue weighted by Gasteiger charge is 2.25. The quantitative estimate of drug-likeness (QED) is 0.349. The highest BCUT2D eigenvalue weighted by molar-refractivity contribution is 6.31. The predicted molar refractivity (Wildman–Crippen MR) is 136 cm³/mol. The zero-order valence-corrected chi connectivity index (χ0v) is 19.8. The zero-order valence-electron chi connectivity index (χ0n) is 19.1. The van der Waals surface area contributed by atoms with Gasteiger partial charge in [0.25, 0.3) is 0 Å². The lowest BCUT2D eigenvalue weighted by atomic mass is 9.83. The number of aromatic carboxylic acids is 1. The van der Waals surface area contributed by atoms with Crippen molar-refractivity contribution < 1.29 is 14.3 Å². The Morgan fingerprint density at radius 2 is 1.83 bits per heavy atom. The molecule has 3 aromatic rings. The van der Waals surface area contributed by atoms with Crippen LogP contribution in [0.4, 0.5) is 4.39 Å². The van der Waals surface area contributed by atoms with Gasteiger partial charge in [-0.1, -0.05) is 77.5 Å². The van der Waals surface area contributed by atoms with Gasteiger partial charge in [0.1, 0.15) is 11.9 Å². The van der Waals surface area contributed by atoms with E-state index in [0.717, 1.165) is 28.8 Å². The number of nitrogens with zero attached hydrogens (tertiary/aromatic N) is 2. The van der Waals surface area contributed by atoms with Gasteiger partial charge in [0.15, 0.2) is 0 Å². The third-order valence-electron chi connectivity index (χ3n) is 6.17. The van der Waals surface area contributed by atoms with Crippen LogP contribution in [0, 0.1) is 10.7 Å². The summed E-state index contributed by atoms with van der Waals surface area (Å²) in [4.78, 5) is 25.0. The van der Waals surface area contributed by atoms with E-state index in [9.17, 15) is 14.1 Å². The van der Waals surface area contributed by atoms with Gasteiger partial charge in [0.05, 0.1) is 5.56 Å². The van der Waals surface area contributed by atoms with Crippen LogP contribution in [0.2, 0.25) is 5.02 Å². The molecule has 0 aliphatic carbocycles. The number of halogens is 2.